The fourth-order valence-electron chi connectivity index (χ4n) is 5.51. The number of rotatable bonds is 6. The van der Waals surface area contributed by atoms with Crippen LogP contribution in [0, 0.1) is 29.4 Å². The molecule has 0 N–H and O–H groups in total. The summed E-state index contributed by atoms with van der Waals surface area (Å²) in [5, 5.41) is 0. The summed E-state index contributed by atoms with van der Waals surface area (Å²) < 4.78 is 39.5. The van der Waals surface area contributed by atoms with Crippen LogP contribution in [0.3, 0.4) is 0 Å². The minimum atomic E-state index is -0.857. The molecule has 3 rings (SSSR count). The zero-order valence-electron chi connectivity index (χ0n) is 19.5. The zero-order chi connectivity index (χ0) is 22.6. The van der Waals surface area contributed by atoms with E-state index in [-0.39, 0.29) is 17.6 Å². The van der Waals surface area contributed by atoms with Crippen LogP contribution in [0.4, 0.5) is 8.78 Å². The number of benzene rings is 1. The van der Waals surface area contributed by atoms with Gasteiger partial charge in [0.15, 0.2) is 11.6 Å². The number of ether oxygens (including phenoxy) is 2. The number of carbonyl (C=O) groups excluding carboxylic acids is 1. The zero-order valence-corrected chi connectivity index (χ0v) is 19.5. The van der Waals surface area contributed by atoms with Gasteiger partial charge in [-0.15, -0.1) is 0 Å². The van der Waals surface area contributed by atoms with Crippen LogP contribution >= 0.6 is 0 Å². The van der Waals surface area contributed by atoms with E-state index in [1.54, 1.807) is 19.1 Å². The Labute approximate surface area is 185 Å². The fourth-order valence-corrected chi connectivity index (χ4v) is 5.51. The lowest BCUT2D eigenvalue weighted by Crippen LogP contribution is -2.28. The third-order valence-electron chi connectivity index (χ3n) is 7.02. The van der Waals surface area contributed by atoms with E-state index in [0.29, 0.717) is 36.3 Å². The van der Waals surface area contributed by atoms with Crippen molar-refractivity contribution in [2.24, 2.45) is 17.8 Å². The summed E-state index contributed by atoms with van der Waals surface area (Å²) in [4.78, 5) is 12.1. The molecular formula is C26H38F2O3. The van der Waals surface area contributed by atoms with Crippen molar-refractivity contribution in [1.82, 2.24) is 0 Å². The summed E-state index contributed by atoms with van der Waals surface area (Å²) in [6.07, 6.45) is 8.98. The molecule has 0 bridgehead atoms. The van der Waals surface area contributed by atoms with Gasteiger partial charge in [0.05, 0.1) is 6.61 Å². The number of hydrogen-bond donors (Lipinski definition) is 0. The van der Waals surface area contributed by atoms with Gasteiger partial charge in [-0.25, -0.2) is 4.39 Å². The summed E-state index contributed by atoms with van der Waals surface area (Å²) in [6.45, 7) is 7.81. The molecule has 0 radical (unpaired) electrons. The van der Waals surface area contributed by atoms with Crippen LogP contribution in [0.2, 0.25) is 0 Å². The number of esters is 1. The summed E-state index contributed by atoms with van der Waals surface area (Å²) in [5.41, 5.74) is 0.0824. The first-order valence-electron chi connectivity index (χ1n) is 12.0. The van der Waals surface area contributed by atoms with E-state index < -0.39 is 17.2 Å². The van der Waals surface area contributed by atoms with E-state index in [9.17, 15) is 13.6 Å². The molecule has 0 spiro atoms. The molecule has 0 aromatic heterocycles. The summed E-state index contributed by atoms with van der Waals surface area (Å²) >= 11 is 0. The molecule has 31 heavy (non-hydrogen) atoms. The fraction of sp³-hybridized carbons (Fsp3) is 0.731. The van der Waals surface area contributed by atoms with E-state index >= 15 is 0 Å². The standard InChI is InChI=1S/C26H38F2O3/c1-5-30-22-15-14-21(24(27)25(22)28)20-12-10-19(11-13-20)18-8-6-17(7-9-18)16-23(29)31-26(2,3)4/h14-15,17-20H,5-13,16H2,1-4H3. The minimum absolute atomic E-state index is 0.000535. The third-order valence-corrected chi connectivity index (χ3v) is 7.02. The highest BCUT2D eigenvalue weighted by molar-refractivity contribution is 5.70. The largest absolute Gasteiger partial charge is 0.491 e. The van der Waals surface area contributed by atoms with E-state index in [0.717, 1.165) is 51.4 Å². The molecule has 1 aromatic rings. The first kappa shape index (κ1) is 24.0. The Morgan fingerprint density at radius 1 is 0.935 bits per heavy atom. The maximum absolute atomic E-state index is 14.6. The number of carbonyl (C=O) groups is 1. The van der Waals surface area contributed by atoms with Crippen molar-refractivity contribution in [2.45, 2.75) is 97.0 Å². The Morgan fingerprint density at radius 2 is 1.52 bits per heavy atom. The van der Waals surface area contributed by atoms with Gasteiger partial charge in [0, 0.05) is 6.42 Å². The van der Waals surface area contributed by atoms with Gasteiger partial charge in [0.1, 0.15) is 5.60 Å². The number of hydrogen-bond acceptors (Lipinski definition) is 3. The lowest BCUT2D eigenvalue weighted by molar-refractivity contribution is -0.156. The molecule has 1 aromatic carbocycles. The summed E-state index contributed by atoms with van der Waals surface area (Å²) in [6, 6.07) is 3.27. The highest BCUT2D eigenvalue weighted by Crippen LogP contribution is 2.45. The Bertz CT molecular complexity index is 740. The second-order valence-electron chi connectivity index (χ2n) is 10.4. The summed E-state index contributed by atoms with van der Waals surface area (Å²) in [7, 11) is 0. The number of halogens is 2. The third kappa shape index (κ3) is 6.43. The monoisotopic (exact) mass is 436 g/mol. The second-order valence-corrected chi connectivity index (χ2v) is 10.4. The summed E-state index contributed by atoms with van der Waals surface area (Å²) in [5.74, 6) is 0.198. The molecule has 0 saturated heterocycles. The smallest absolute Gasteiger partial charge is 0.306 e. The van der Waals surface area contributed by atoms with Crippen LogP contribution in [0.15, 0.2) is 12.1 Å². The van der Waals surface area contributed by atoms with Crippen LogP contribution in [-0.4, -0.2) is 18.2 Å². The Balaban J connectivity index is 1.47. The first-order chi connectivity index (χ1) is 14.7. The lowest BCUT2D eigenvalue weighted by atomic mass is 9.68. The predicted molar refractivity (Wildman–Crippen MR) is 118 cm³/mol. The maximum Gasteiger partial charge on any atom is 0.306 e. The molecule has 5 heteroatoms. The van der Waals surface area contributed by atoms with Gasteiger partial charge in [-0.05, 0) is 114 Å². The van der Waals surface area contributed by atoms with E-state index in [4.69, 9.17) is 9.47 Å². The molecule has 3 nitrogen and oxygen atoms in total. The quantitative estimate of drug-likeness (QED) is 0.443. The minimum Gasteiger partial charge on any atom is -0.491 e. The first-order valence-corrected chi connectivity index (χ1v) is 12.0. The van der Waals surface area contributed by atoms with Crippen molar-refractivity contribution >= 4 is 5.97 Å². The molecule has 2 saturated carbocycles. The van der Waals surface area contributed by atoms with Gasteiger partial charge < -0.3 is 9.47 Å². The lowest BCUT2D eigenvalue weighted by Gasteiger charge is -2.38. The van der Waals surface area contributed by atoms with Crippen LogP contribution in [0.1, 0.15) is 97.0 Å². The van der Waals surface area contributed by atoms with Gasteiger partial charge in [-0.3, -0.25) is 4.79 Å². The Hall–Kier alpha value is -1.65. The van der Waals surface area contributed by atoms with Gasteiger partial charge in [0.25, 0.3) is 0 Å². The van der Waals surface area contributed by atoms with E-state index in [1.807, 2.05) is 20.8 Å². The highest BCUT2D eigenvalue weighted by Gasteiger charge is 2.33. The van der Waals surface area contributed by atoms with Crippen LogP contribution in [0.25, 0.3) is 0 Å². The van der Waals surface area contributed by atoms with Gasteiger partial charge in [-0.2, -0.15) is 4.39 Å². The maximum atomic E-state index is 14.6. The normalized spacial score (nSPS) is 27.0. The van der Waals surface area contributed by atoms with Crippen LogP contribution in [0.5, 0.6) is 5.75 Å². The average Bonchev–Trinajstić information content (AvgIpc) is 2.71. The average molecular weight is 437 g/mol. The van der Waals surface area contributed by atoms with Gasteiger partial charge in [0.2, 0.25) is 5.82 Å². The van der Waals surface area contributed by atoms with Gasteiger partial charge in [-0.1, -0.05) is 6.07 Å². The predicted octanol–water partition coefficient (Wildman–Crippen LogP) is 7.18. The highest BCUT2D eigenvalue weighted by atomic mass is 19.2. The van der Waals surface area contributed by atoms with Crippen molar-refractivity contribution in [3.05, 3.63) is 29.3 Å². The molecule has 2 fully saturated rings. The van der Waals surface area contributed by atoms with Gasteiger partial charge >= 0.3 is 5.97 Å². The van der Waals surface area contributed by atoms with Crippen molar-refractivity contribution in [3.8, 4) is 5.75 Å². The molecule has 174 valence electrons. The topological polar surface area (TPSA) is 35.5 Å². The Kier molecular flexibility index (Phi) is 7.98. The SMILES string of the molecule is CCOc1ccc(C2CCC(C3CCC(CC(=O)OC(C)(C)C)CC3)CC2)c(F)c1F. The van der Waals surface area contributed by atoms with Crippen molar-refractivity contribution in [3.63, 3.8) is 0 Å². The van der Waals surface area contributed by atoms with Crippen molar-refractivity contribution in [2.75, 3.05) is 6.61 Å². The van der Waals surface area contributed by atoms with E-state index in [1.165, 1.54) is 0 Å². The molecule has 0 amide bonds. The molecule has 0 aliphatic heterocycles. The molecule has 0 atom stereocenters. The van der Waals surface area contributed by atoms with Crippen LogP contribution in [-0.2, 0) is 9.53 Å². The van der Waals surface area contributed by atoms with Crippen molar-refractivity contribution < 1.29 is 23.0 Å². The van der Waals surface area contributed by atoms with E-state index in [2.05, 4.69) is 0 Å². The Morgan fingerprint density at radius 3 is 2.06 bits per heavy atom. The molecule has 2 aliphatic rings. The molecule has 0 heterocycles. The van der Waals surface area contributed by atoms with Crippen molar-refractivity contribution in [1.29, 1.82) is 0 Å². The second kappa shape index (κ2) is 10.3. The molecule has 2 aliphatic carbocycles. The molecule has 0 unspecified atom stereocenters. The molecular weight excluding hydrogens is 398 g/mol. The van der Waals surface area contributed by atoms with Crippen LogP contribution < -0.4 is 4.74 Å².